The van der Waals surface area contributed by atoms with Crippen LogP contribution in [0, 0.1) is 0 Å². The Hall–Kier alpha value is -3.87. The lowest BCUT2D eigenvalue weighted by atomic mass is 10.1. The average molecular weight is 374 g/mol. The molecule has 7 heteroatoms. The van der Waals surface area contributed by atoms with E-state index in [0.29, 0.717) is 40.6 Å². The fourth-order valence-corrected chi connectivity index (χ4v) is 2.96. The first-order valence-corrected chi connectivity index (χ1v) is 8.82. The van der Waals surface area contributed by atoms with Crippen molar-refractivity contribution in [1.82, 2.24) is 14.4 Å². The summed E-state index contributed by atoms with van der Waals surface area (Å²) in [4.78, 5) is 20.8. The zero-order chi connectivity index (χ0) is 19.5. The van der Waals surface area contributed by atoms with Gasteiger partial charge in [-0.05, 0) is 37.3 Å². The van der Waals surface area contributed by atoms with E-state index in [1.165, 1.54) is 0 Å². The SMILES string of the molecule is CCOC(=O)c1cccc(Nc2c(-c3ccccc3O)nc3cnccn23)c1. The molecular weight excluding hydrogens is 356 g/mol. The molecule has 2 aromatic carbocycles. The number of esters is 1. The van der Waals surface area contributed by atoms with Crippen molar-refractivity contribution in [2.24, 2.45) is 0 Å². The number of hydrogen-bond donors (Lipinski definition) is 2. The Morgan fingerprint density at radius 3 is 2.89 bits per heavy atom. The average Bonchev–Trinajstić information content (AvgIpc) is 3.07. The molecule has 0 bridgehead atoms. The molecule has 2 N–H and O–H groups in total. The topological polar surface area (TPSA) is 88.8 Å². The number of anilines is 2. The molecule has 2 aromatic heterocycles. The number of nitrogens with zero attached hydrogens (tertiary/aromatic N) is 3. The number of rotatable bonds is 5. The highest BCUT2D eigenvalue weighted by Gasteiger charge is 2.17. The van der Waals surface area contributed by atoms with Gasteiger partial charge in [-0.25, -0.2) is 9.78 Å². The van der Waals surface area contributed by atoms with Crippen molar-refractivity contribution in [2.75, 3.05) is 11.9 Å². The van der Waals surface area contributed by atoms with Crippen molar-refractivity contribution in [3.8, 4) is 17.0 Å². The summed E-state index contributed by atoms with van der Waals surface area (Å²) in [6, 6.07) is 14.0. The summed E-state index contributed by atoms with van der Waals surface area (Å²) in [6.07, 6.45) is 5.08. The molecule has 28 heavy (non-hydrogen) atoms. The maximum absolute atomic E-state index is 12.0. The second-order valence-corrected chi connectivity index (χ2v) is 6.06. The molecule has 0 fully saturated rings. The standard InChI is InChI=1S/C21H18N4O3/c1-2-28-21(27)14-6-5-7-15(12-14)23-20-19(16-8-3-4-9-17(16)26)24-18-13-22-10-11-25(18)20/h3-13,23,26H,2H2,1H3. The second-order valence-electron chi connectivity index (χ2n) is 6.06. The van der Waals surface area contributed by atoms with Gasteiger partial charge in [0, 0.05) is 23.6 Å². The van der Waals surface area contributed by atoms with Crippen LogP contribution in [0.1, 0.15) is 17.3 Å². The minimum absolute atomic E-state index is 0.127. The highest BCUT2D eigenvalue weighted by atomic mass is 16.5. The molecule has 4 aromatic rings. The number of benzene rings is 2. The van der Waals surface area contributed by atoms with Crippen LogP contribution in [0.25, 0.3) is 16.9 Å². The molecule has 0 unspecified atom stereocenters. The summed E-state index contributed by atoms with van der Waals surface area (Å²) in [6.45, 7) is 2.08. The molecule has 2 heterocycles. The highest BCUT2D eigenvalue weighted by molar-refractivity contribution is 5.91. The van der Waals surface area contributed by atoms with Crippen LogP contribution in [0.5, 0.6) is 5.75 Å². The number of aromatic nitrogens is 3. The van der Waals surface area contributed by atoms with E-state index < -0.39 is 0 Å². The quantitative estimate of drug-likeness (QED) is 0.513. The number of para-hydroxylation sites is 1. The van der Waals surface area contributed by atoms with Gasteiger partial charge in [0.1, 0.15) is 17.3 Å². The summed E-state index contributed by atoms with van der Waals surface area (Å²) in [5.74, 6) is 0.400. The van der Waals surface area contributed by atoms with Crippen molar-refractivity contribution in [1.29, 1.82) is 0 Å². The third-order valence-electron chi connectivity index (χ3n) is 4.23. The van der Waals surface area contributed by atoms with E-state index in [1.807, 2.05) is 16.5 Å². The first kappa shape index (κ1) is 17.5. The van der Waals surface area contributed by atoms with Crippen molar-refractivity contribution >= 4 is 23.1 Å². The van der Waals surface area contributed by atoms with Crippen LogP contribution in [0.2, 0.25) is 0 Å². The number of hydrogen-bond acceptors (Lipinski definition) is 6. The van der Waals surface area contributed by atoms with Gasteiger partial charge < -0.3 is 15.2 Å². The zero-order valence-corrected chi connectivity index (χ0v) is 15.2. The van der Waals surface area contributed by atoms with Crippen LogP contribution in [0.3, 0.4) is 0 Å². The number of carbonyl (C=O) groups is 1. The lowest BCUT2D eigenvalue weighted by molar-refractivity contribution is 0.0526. The predicted molar refractivity (Wildman–Crippen MR) is 106 cm³/mol. The number of ether oxygens (including phenoxy) is 1. The number of carbonyl (C=O) groups excluding carboxylic acids is 1. The molecule has 7 nitrogen and oxygen atoms in total. The maximum Gasteiger partial charge on any atom is 0.338 e. The lowest BCUT2D eigenvalue weighted by Crippen LogP contribution is -2.05. The molecule has 0 aliphatic carbocycles. The number of aromatic hydroxyl groups is 1. The molecule has 0 aliphatic rings. The molecular formula is C21H18N4O3. The molecule has 140 valence electrons. The van der Waals surface area contributed by atoms with E-state index in [-0.39, 0.29) is 11.7 Å². The van der Waals surface area contributed by atoms with E-state index in [1.54, 1.807) is 61.9 Å². The van der Waals surface area contributed by atoms with Crippen LogP contribution >= 0.6 is 0 Å². The summed E-state index contributed by atoms with van der Waals surface area (Å²) in [5.41, 5.74) is 2.94. The largest absolute Gasteiger partial charge is 0.507 e. The Morgan fingerprint density at radius 2 is 2.07 bits per heavy atom. The van der Waals surface area contributed by atoms with Gasteiger partial charge in [-0.1, -0.05) is 18.2 Å². The molecule has 0 saturated carbocycles. The van der Waals surface area contributed by atoms with Crippen molar-refractivity contribution < 1.29 is 14.6 Å². The molecule has 4 rings (SSSR count). The molecule has 0 atom stereocenters. The summed E-state index contributed by atoms with van der Waals surface area (Å²) in [7, 11) is 0. The summed E-state index contributed by atoms with van der Waals surface area (Å²) in [5, 5.41) is 13.6. The Bertz CT molecular complexity index is 1150. The molecule has 0 saturated heterocycles. The van der Waals surface area contributed by atoms with Crippen LogP contribution in [0.4, 0.5) is 11.5 Å². The van der Waals surface area contributed by atoms with Gasteiger partial charge in [-0.15, -0.1) is 0 Å². The van der Waals surface area contributed by atoms with Gasteiger partial charge in [-0.3, -0.25) is 9.38 Å². The minimum atomic E-state index is -0.380. The number of imidazole rings is 1. The molecule has 0 amide bonds. The van der Waals surface area contributed by atoms with Crippen molar-refractivity contribution in [3.63, 3.8) is 0 Å². The first-order valence-electron chi connectivity index (χ1n) is 8.82. The molecule has 0 radical (unpaired) electrons. The second kappa shape index (κ2) is 7.40. The minimum Gasteiger partial charge on any atom is -0.507 e. The maximum atomic E-state index is 12.0. The molecule has 0 aliphatic heterocycles. The van der Waals surface area contributed by atoms with E-state index in [4.69, 9.17) is 4.74 Å². The lowest BCUT2D eigenvalue weighted by Gasteiger charge is -2.11. The number of phenols is 1. The van der Waals surface area contributed by atoms with Gasteiger partial charge in [0.25, 0.3) is 0 Å². The number of fused-ring (bicyclic) bond motifs is 1. The Balaban J connectivity index is 1.81. The van der Waals surface area contributed by atoms with E-state index in [0.717, 1.165) is 0 Å². The number of phenolic OH excluding ortho intramolecular Hbond substituents is 1. The van der Waals surface area contributed by atoms with Crippen LogP contribution < -0.4 is 5.32 Å². The van der Waals surface area contributed by atoms with Crippen molar-refractivity contribution in [3.05, 3.63) is 72.7 Å². The van der Waals surface area contributed by atoms with Gasteiger partial charge in [0.05, 0.1) is 18.4 Å². The zero-order valence-electron chi connectivity index (χ0n) is 15.2. The first-order chi connectivity index (χ1) is 13.7. The van der Waals surface area contributed by atoms with Gasteiger partial charge in [0.15, 0.2) is 5.65 Å². The third-order valence-corrected chi connectivity index (χ3v) is 4.23. The van der Waals surface area contributed by atoms with Gasteiger partial charge >= 0.3 is 5.97 Å². The molecule has 0 spiro atoms. The normalized spacial score (nSPS) is 10.8. The Morgan fingerprint density at radius 1 is 1.21 bits per heavy atom. The monoisotopic (exact) mass is 374 g/mol. The van der Waals surface area contributed by atoms with E-state index in [2.05, 4.69) is 15.3 Å². The smallest absolute Gasteiger partial charge is 0.338 e. The Kier molecular flexibility index (Phi) is 4.63. The van der Waals surface area contributed by atoms with Gasteiger partial charge in [-0.2, -0.15) is 0 Å². The summed E-state index contributed by atoms with van der Waals surface area (Å²) < 4.78 is 6.91. The third kappa shape index (κ3) is 3.25. The Labute approximate surface area is 161 Å². The van der Waals surface area contributed by atoms with Crippen LogP contribution in [-0.2, 0) is 4.74 Å². The van der Waals surface area contributed by atoms with Gasteiger partial charge in [0.2, 0.25) is 0 Å². The van der Waals surface area contributed by atoms with Crippen LogP contribution in [-0.4, -0.2) is 32.1 Å². The fraction of sp³-hybridized carbons (Fsp3) is 0.0952. The predicted octanol–water partition coefficient (Wildman–Crippen LogP) is 4.02. The van der Waals surface area contributed by atoms with Crippen molar-refractivity contribution in [2.45, 2.75) is 6.92 Å². The van der Waals surface area contributed by atoms with Crippen LogP contribution in [0.15, 0.2) is 67.1 Å². The highest BCUT2D eigenvalue weighted by Crippen LogP contribution is 2.35. The number of nitrogens with one attached hydrogen (secondary N) is 1. The van der Waals surface area contributed by atoms with E-state index >= 15 is 0 Å². The van der Waals surface area contributed by atoms with E-state index in [9.17, 15) is 9.90 Å². The fourth-order valence-electron chi connectivity index (χ4n) is 2.96. The summed E-state index contributed by atoms with van der Waals surface area (Å²) >= 11 is 0.